The van der Waals surface area contributed by atoms with Crippen LogP contribution in [0, 0.1) is 0 Å². The molecule has 6 heteroatoms. The zero-order valence-corrected chi connectivity index (χ0v) is 13.0. The first-order valence-electron chi connectivity index (χ1n) is 5.55. The van der Waals surface area contributed by atoms with Crippen LogP contribution in [0.4, 0.5) is 0 Å². The molecule has 0 aliphatic rings. The zero-order valence-electron chi connectivity index (χ0n) is 10.5. The highest BCUT2D eigenvalue weighted by Crippen LogP contribution is 2.31. The molecule has 0 amide bonds. The molecule has 2 aromatic carbocycles. The van der Waals surface area contributed by atoms with E-state index in [2.05, 4.69) is 0 Å². The monoisotopic (exact) mass is 311 g/mol. The molecule has 0 aliphatic heterocycles. The summed E-state index contributed by atoms with van der Waals surface area (Å²) in [6.07, 6.45) is 0. The number of nitrogens with zero attached hydrogens (tertiary/aromatic N) is 1. The van der Waals surface area contributed by atoms with Crippen molar-refractivity contribution in [3.05, 3.63) is 42.5 Å². The van der Waals surface area contributed by atoms with Crippen molar-refractivity contribution < 1.29 is 8.42 Å². The summed E-state index contributed by atoms with van der Waals surface area (Å²) >= 11 is 5.06. The molecule has 3 nitrogen and oxygen atoms in total. The number of benzene rings is 2. The predicted molar refractivity (Wildman–Crippen MR) is 85.0 cm³/mol. The maximum absolute atomic E-state index is 12.4. The molecular formula is C13H13NO2S3. The number of rotatable bonds is 2. The standard InChI is InChI=1S/C13H13NO2S3/c1-14(2)13(17)18-19(15,16)12-9-5-7-10-6-3-4-8-11(10)12/h3-9H,1-2H3. The third-order valence-electron chi connectivity index (χ3n) is 2.57. The molecule has 0 spiro atoms. The van der Waals surface area contributed by atoms with Crippen molar-refractivity contribution in [2.75, 3.05) is 14.1 Å². The minimum absolute atomic E-state index is 0.305. The Bertz CT molecular complexity index is 718. The largest absolute Gasteiger partial charge is 0.363 e. The summed E-state index contributed by atoms with van der Waals surface area (Å²) in [7, 11) is 0.670. The summed E-state index contributed by atoms with van der Waals surface area (Å²) in [4.78, 5) is 1.92. The van der Waals surface area contributed by atoms with E-state index in [-0.39, 0.29) is 0 Å². The minimum atomic E-state index is -3.50. The Kier molecular flexibility index (Phi) is 4.13. The van der Waals surface area contributed by atoms with Crippen LogP contribution in [0.1, 0.15) is 0 Å². The first-order valence-corrected chi connectivity index (χ1v) is 8.78. The van der Waals surface area contributed by atoms with Crippen molar-refractivity contribution >= 4 is 47.0 Å². The molecule has 0 radical (unpaired) electrons. The average Bonchev–Trinajstić information content (AvgIpc) is 2.37. The van der Waals surface area contributed by atoms with Crippen molar-refractivity contribution in [3.63, 3.8) is 0 Å². The summed E-state index contributed by atoms with van der Waals surface area (Å²) in [5.41, 5.74) is 0. The second kappa shape index (κ2) is 5.48. The lowest BCUT2D eigenvalue weighted by Gasteiger charge is -2.13. The van der Waals surface area contributed by atoms with Crippen LogP contribution in [-0.2, 0) is 8.87 Å². The minimum Gasteiger partial charge on any atom is -0.363 e. The summed E-state index contributed by atoms with van der Waals surface area (Å²) < 4.78 is 25.1. The van der Waals surface area contributed by atoms with E-state index in [1.165, 1.54) is 0 Å². The lowest BCUT2D eigenvalue weighted by molar-refractivity contribution is 0.611. The lowest BCUT2D eigenvalue weighted by atomic mass is 10.1. The molecule has 2 aromatic rings. The van der Waals surface area contributed by atoms with Gasteiger partial charge in [0.1, 0.15) is 0 Å². The van der Waals surface area contributed by atoms with Gasteiger partial charge in [-0.2, -0.15) is 0 Å². The lowest BCUT2D eigenvalue weighted by Crippen LogP contribution is -2.18. The van der Waals surface area contributed by atoms with Crippen LogP contribution < -0.4 is 0 Å². The Morgan fingerprint density at radius 3 is 2.42 bits per heavy atom. The van der Waals surface area contributed by atoms with Crippen LogP contribution in [0.15, 0.2) is 47.4 Å². The molecule has 0 heterocycles. The van der Waals surface area contributed by atoms with Crippen molar-refractivity contribution in [2.45, 2.75) is 4.90 Å². The van der Waals surface area contributed by atoms with Gasteiger partial charge in [0.05, 0.1) is 4.90 Å². The van der Waals surface area contributed by atoms with E-state index >= 15 is 0 Å². The third-order valence-corrected chi connectivity index (χ3v) is 6.79. The Morgan fingerprint density at radius 2 is 1.74 bits per heavy atom. The van der Waals surface area contributed by atoms with Gasteiger partial charge in [0.15, 0.2) is 4.32 Å². The zero-order chi connectivity index (χ0) is 14.0. The quantitative estimate of drug-likeness (QED) is 0.629. The van der Waals surface area contributed by atoms with Crippen LogP contribution in [0.5, 0.6) is 0 Å². The molecule has 0 saturated carbocycles. The van der Waals surface area contributed by atoms with Gasteiger partial charge in [-0.1, -0.05) is 48.6 Å². The Morgan fingerprint density at radius 1 is 1.11 bits per heavy atom. The Balaban J connectivity index is 2.52. The molecule has 19 heavy (non-hydrogen) atoms. The summed E-state index contributed by atoms with van der Waals surface area (Å²) in [6.45, 7) is 0. The second-order valence-corrected chi connectivity index (χ2v) is 8.54. The molecule has 0 atom stereocenters. The highest BCUT2D eigenvalue weighted by atomic mass is 33.1. The van der Waals surface area contributed by atoms with Crippen molar-refractivity contribution in [1.82, 2.24) is 4.90 Å². The van der Waals surface area contributed by atoms with Gasteiger partial charge in [-0.25, -0.2) is 8.42 Å². The van der Waals surface area contributed by atoms with Gasteiger partial charge in [0, 0.05) is 30.3 Å². The molecule has 0 bridgehead atoms. The van der Waals surface area contributed by atoms with Gasteiger partial charge < -0.3 is 4.90 Å². The van der Waals surface area contributed by atoms with Gasteiger partial charge in [-0.3, -0.25) is 0 Å². The fourth-order valence-electron chi connectivity index (χ4n) is 1.63. The van der Waals surface area contributed by atoms with Crippen molar-refractivity contribution in [1.29, 1.82) is 0 Å². The van der Waals surface area contributed by atoms with Crippen LogP contribution in [-0.4, -0.2) is 31.7 Å². The number of hydrogen-bond acceptors (Lipinski definition) is 4. The van der Waals surface area contributed by atoms with Crippen LogP contribution >= 0.6 is 23.0 Å². The summed E-state index contributed by atoms with van der Waals surface area (Å²) in [5, 5.41) is 1.62. The topological polar surface area (TPSA) is 37.4 Å². The van der Waals surface area contributed by atoms with Gasteiger partial charge in [-0.15, -0.1) is 0 Å². The van der Waals surface area contributed by atoms with Crippen molar-refractivity contribution in [3.8, 4) is 0 Å². The number of thiocarbonyl (C=S) groups is 1. The fraction of sp³-hybridized carbons (Fsp3) is 0.154. The molecule has 0 unspecified atom stereocenters. The van der Waals surface area contributed by atoms with Crippen LogP contribution in [0.25, 0.3) is 10.8 Å². The SMILES string of the molecule is CN(C)C(=S)SS(=O)(=O)c1cccc2ccccc12. The Labute approximate surface area is 121 Å². The van der Waals surface area contributed by atoms with Gasteiger partial charge in [-0.05, 0) is 11.5 Å². The average molecular weight is 311 g/mol. The fourth-order valence-corrected chi connectivity index (χ4v) is 5.28. The molecule has 2 rings (SSSR count). The van der Waals surface area contributed by atoms with Crippen LogP contribution in [0.3, 0.4) is 0 Å². The first-order chi connectivity index (χ1) is 8.92. The molecule has 0 aromatic heterocycles. The van der Waals surface area contributed by atoms with E-state index in [9.17, 15) is 8.42 Å². The predicted octanol–water partition coefficient (Wildman–Crippen LogP) is 3.11. The highest BCUT2D eigenvalue weighted by Gasteiger charge is 2.21. The van der Waals surface area contributed by atoms with Gasteiger partial charge in [0.25, 0.3) is 0 Å². The van der Waals surface area contributed by atoms with E-state index in [1.54, 1.807) is 31.1 Å². The molecule has 0 saturated heterocycles. The van der Waals surface area contributed by atoms with E-state index in [1.807, 2.05) is 30.3 Å². The van der Waals surface area contributed by atoms with Gasteiger partial charge in [0.2, 0.25) is 8.87 Å². The van der Waals surface area contributed by atoms with Crippen LogP contribution in [0.2, 0.25) is 0 Å². The first kappa shape index (κ1) is 14.3. The second-order valence-electron chi connectivity index (χ2n) is 4.18. The van der Waals surface area contributed by atoms with Gasteiger partial charge >= 0.3 is 0 Å². The molecule has 0 N–H and O–H groups in total. The summed E-state index contributed by atoms with van der Waals surface area (Å²) in [5.74, 6) is 0. The summed E-state index contributed by atoms with van der Waals surface area (Å²) in [6, 6.07) is 12.7. The maximum Gasteiger partial charge on any atom is 0.237 e. The van der Waals surface area contributed by atoms with Crippen molar-refractivity contribution in [2.24, 2.45) is 0 Å². The Hall–Kier alpha value is -1.11. The maximum atomic E-state index is 12.4. The molecule has 0 aliphatic carbocycles. The molecule has 0 fully saturated rings. The van der Waals surface area contributed by atoms with E-state index in [4.69, 9.17) is 12.2 Å². The highest BCUT2D eigenvalue weighted by molar-refractivity contribution is 8.79. The van der Waals surface area contributed by atoms with E-state index < -0.39 is 8.87 Å². The normalized spacial score (nSPS) is 11.5. The molecular weight excluding hydrogens is 298 g/mol. The smallest absolute Gasteiger partial charge is 0.237 e. The third kappa shape index (κ3) is 3.08. The number of fused-ring (bicyclic) bond motifs is 1. The molecule has 100 valence electrons. The van der Waals surface area contributed by atoms with E-state index in [0.29, 0.717) is 20.0 Å². The van der Waals surface area contributed by atoms with E-state index in [0.717, 1.165) is 10.8 Å². The number of hydrogen-bond donors (Lipinski definition) is 0.